The second-order valence-corrected chi connectivity index (χ2v) is 8.74. The second kappa shape index (κ2) is 6.99. The number of alkyl halides is 1. The molecular formula is C15H27BrOS. The predicted octanol–water partition coefficient (Wildman–Crippen LogP) is 4.88. The lowest BCUT2D eigenvalue weighted by molar-refractivity contribution is -0.103. The Hall–Kier alpha value is 0.790. The normalized spacial score (nSPS) is 29.7. The van der Waals surface area contributed by atoms with Crippen molar-refractivity contribution in [3.05, 3.63) is 0 Å². The Kier molecular flexibility index (Phi) is 5.89. The van der Waals surface area contributed by atoms with Gasteiger partial charge in [-0.15, -0.1) is 0 Å². The Morgan fingerprint density at radius 1 is 1.33 bits per heavy atom. The summed E-state index contributed by atoms with van der Waals surface area (Å²) < 4.78 is 6.17. The molecule has 2 unspecified atom stereocenters. The zero-order chi connectivity index (χ0) is 13.0. The summed E-state index contributed by atoms with van der Waals surface area (Å²) in [6.07, 6.45) is 7.89. The number of thioether (sulfide) groups is 1. The summed E-state index contributed by atoms with van der Waals surface area (Å²) in [5, 5.41) is 0. The summed E-state index contributed by atoms with van der Waals surface area (Å²) >= 11 is 5.92. The van der Waals surface area contributed by atoms with E-state index in [0.29, 0.717) is 4.83 Å². The van der Waals surface area contributed by atoms with E-state index < -0.39 is 0 Å². The van der Waals surface area contributed by atoms with Gasteiger partial charge in [0.25, 0.3) is 0 Å². The van der Waals surface area contributed by atoms with Crippen molar-refractivity contribution in [3.8, 4) is 0 Å². The summed E-state index contributed by atoms with van der Waals surface area (Å²) in [4.78, 5) is 0.693. The molecule has 106 valence electrons. The molecule has 2 rings (SSSR count). The van der Waals surface area contributed by atoms with E-state index in [2.05, 4.69) is 41.5 Å². The van der Waals surface area contributed by atoms with E-state index in [1.165, 1.54) is 50.0 Å². The number of halogens is 1. The Labute approximate surface area is 125 Å². The Morgan fingerprint density at radius 2 is 2.06 bits per heavy atom. The molecule has 2 fully saturated rings. The molecule has 0 N–H and O–H groups in total. The van der Waals surface area contributed by atoms with Crippen LogP contribution in [0.3, 0.4) is 0 Å². The number of rotatable bonds is 4. The standard InChI is InChI=1S/C15H27BrOS/c1-12(2)14(16)4-3-13-5-8-17-15(11-13)6-9-18-10-7-15/h12-14H,3-11H2,1-2H3. The highest BCUT2D eigenvalue weighted by Crippen LogP contribution is 2.41. The van der Waals surface area contributed by atoms with Gasteiger partial charge in [-0.2, -0.15) is 11.8 Å². The number of ether oxygens (including phenoxy) is 1. The quantitative estimate of drug-likeness (QED) is 0.677. The maximum absolute atomic E-state index is 6.17. The molecule has 2 heterocycles. The van der Waals surface area contributed by atoms with Crippen LogP contribution < -0.4 is 0 Å². The third-order valence-electron chi connectivity index (χ3n) is 4.57. The largest absolute Gasteiger partial charge is 0.375 e. The molecule has 1 nitrogen and oxygen atoms in total. The predicted molar refractivity (Wildman–Crippen MR) is 84.8 cm³/mol. The molecule has 0 aromatic carbocycles. The molecule has 0 amide bonds. The molecule has 1 spiro atoms. The van der Waals surface area contributed by atoms with Crippen LogP contribution in [0.2, 0.25) is 0 Å². The van der Waals surface area contributed by atoms with Gasteiger partial charge in [0.05, 0.1) is 5.60 Å². The molecular weight excluding hydrogens is 308 g/mol. The van der Waals surface area contributed by atoms with Crippen LogP contribution in [0, 0.1) is 11.8 Å². The number of hydrogen-bond donors (Lipinski definition) is 0. The van der Waals surface area contributed by atoms with E-state index in [1.807, 2.05) is 0 Å². The average Bonchev–Trinajstić information content (AvgIpc) is 2.37. The van der Waals surface area contributed by atoms with Crippen molar-refractivity contribution in [3.63, 3.8) is 0 Å². The van der Waals surface area contributed by atoms with Gasteiger partial charge in [-0.1, -0.05) is 29.8 Å². The Bertz CT molecular complexity index is 245. The summed E-state index contributed by atoms with van der Waals surface area (Å²) in [6.45, 7) is 5.62. The van der Waals surface area contributed by atoms with E-state index >= 15 is 0 Å². The first kappa shape index (κ1) is 15.2. The summed E-state index contributed by atoms with van der Waals surface area (Å²) in [5.74, 6) is 4.27. The molecule has 2 aliphatic heterocycles. The average molecular weight is 335 g/mol. The molecule has 0 aliphatic carbocycles. The topological polar surface area (TPSA) is 9.23 Å². The van der Waals surface area contributed by atoms with Crippen LogP contribution in [-0.4, -0.2) is 28.5 Å². The van der Waals surface area contributed by atoms with Crippen LogP contribution in [0.5, 0.6) is 0 Å². The highest BCUT2D eigenvalue weighted by atomic mass is 79.9. The lowest BCUT2D eigenvalue weighted by Gasteiger charge is -2.43. The van der Waals surface area contributed by atoms with Crippen molar-refractivity contribution in [1.29, 1.82) is 0 Å². The summed E-state index contributed by atoms with van der Waals surface area (Å²) in [7, 11) is 0. The molecule has 2 saturated heterocycles. The van der Waals surface area contributed by atoms with E-state index in [9.17, 15) is 0 Å². The van der Waals surface area contributed by atoms with Gasteiger partial charge in [-0.05, 0) is 61.9 Å². The van der Waals surface area contributed by atoms with Gasteiger partial charge < -0.3 is 4.74 Å². The third kappa shape index (κ3) is 4.14. The number of hydrogen-bond acceptors (Lipinski definition) is 2. The maximum atomic E-state index is 6.17. The zero-order valence-electron chi connectivity index (χ0n) is 11.8. The SMILES string of the molecule is CC(C)C(Br)CCC1CCOC2(CCSCC2)C1. The van der Waals surface area contributed by atoms with E-state index in [1.54, 1.807) is 0 Å². The highest BCUT2D eigenvalue weighted by Gasteiger charge is 2.38. The van der Waals surface area contributed by atoms with Gasteiger partial charge in [-0.3, -0.25) is 0 Å². The van der Waals surface area contributed by atoms with Crippen LogP contribution in [-0.2, 0) is 4.74 Å². The lowest BCUT2D eigenvalue weighted by atomic mass is 9.79. The molecule has 3 heteroatoms. The minimum Gasteiger partial charge on any atom is -0.375 e. The van der Waals surface area contributed by atoms with Gasteiger partial charge in [-0.25, -0.2) is 0 Å². The molecule has 0 radical (unpaired) electrons. The Balaban J connectivity index is 1.79. The molecule has 2 atom stereocenters. The smallest absolute Gasteiger partial charge is 0.0700 e. The first-order valence-corrected chi connectivity index (χ1v) is 9.54. The van der Waals surface area contributed by atoms with Crippen molar-refractivity contribution in [1.82, 2.24) is 0 Å². The fourth-order valence-corrected chi connectivity index (χ4v) is 4.70. The molecule has 0 aromatic heterocycles. The molecule has 18 heavy (non-hydrogen) atoms. The summed E-state index contributed by atoms with van der Waals surface area (Å²) in [6, 6.07) is 0. The van der Waals surface area contributed by atoms with Gasteiger partial charge in [0.2, 0.25) is 0 Å². The molecule has 0 saturated carbocycles. The van der Waals surface area contributed by atoms with Crippen LogP contribution in [0.15, 0.2) is 0 Å². The highest BCUT2D eigenvalue weighted by molar-refractivity contribution is 9.09. The maximum Gasteiger partial charge on any atom is 0.0700 e. The first-order chi connectivity index (χ1) is 8.61. The fraction of sp³-hybridized carbons (Fsp3) is 1.00. The van der Waals surface area contributed by atoms with Crippen molar-refractivity contribution in [2.24, 2.45) is 11.8 Å². The molecule has 0 bridgehead atoms. The lowest BCUT2D eigenvalue weighted by Crippen LogP contribution is -2.42. The first-order valence-electron chi connectivity index (χ1n) is 7.47. The van der Waals surface area contributed by atoms with Crippen molar-refractivity contribution in [2.45, 2.75) is 62.8 Å². The monoisotopic (exact) mass is 334 g/mol. The van der Waals surface area contributed by atoms with Crippen LogP contribution in [0.25, 0.3) is 0 Å². The Morgan fingerprint density at radius 3 is 2.72 bits per heavy atom. The fourth-order valence-electron chi connectivity index (χ4n) is 3.20. The minimum absolute atomic E-state index is 0.272. The van der Waals surface area contributed by atoms with Gasteiger partial charge in [0, 0.05) is 11.4 Å². The van der Waals surface area contributed by atoms with E-state index in [4.69, 9.17) is 4.74 Å². The molecule has 2 aliphatic rings. The van der Waals surface area contributed by atoms with Crippen LogP contribution in [0.1, 0.15) is 52.4 Å². The minimum atomic E-state index is 0.272. The molecule has 0 aromatic rings. The van der Waals surface area contributed by atoms with Crippen LogP contribution >= 0.6 is 27.7 Å². The van der Waals surface area contributed by atoms with Gasteiger partial charge >= 0.3 is 0 Å². The van der Waals surface area contributed by atoms with E-state index in [0.717, 1.165) is 18.4 Å². The van der Waals surface area contributed by atoms with Crippen molar-refractivity contribution >= 4 is 27.7 Å². The van der Waals surface area contributed by atoms with Crippen molar-refractivity contribution < 1.29 is 4.74 Å². The van der Waals surface area contributed by atoms with Gasteiger partial charge in [0.15, 0.2) is 0 Å². The summed E-state index contributed by atoms with van der Waals surface area (Å²) in [5.41, 5.74) is 0.272. The zero-order valence-corrected chi connectivity index (χ0v) is 14.2. The second-order valence-electron chi connectivity index (χ2n) is 6.34. The van der Waals surface area contributed by atoms with E-state index in [-0.39, 0.29) is 5.60 Å². The van der Waals surface area contributed by atoms with Gasteiger partial charge in [0.1, 0.15) is 0 Å². The third-order valence-corrected chi connectivity index (χ3v) is 7.07. The van der Waals surface area contributed by atoms with Crippen molar-refractivity contribution in [2.75, 3.05) is 18.1 Å². The van der Waals surface area contributed by atoms with Crippen LogP contribution in [0.4, 0.5) is 0 Å².